The molecule has 1 N–H and O–H groups in total. The van der Waals surface area contributed by atoms with Crippen LogP contribution in [-0.2, 0) is 0 Å². The van der Waals surface area contributed by atoms with Gasteiger partial charge in [0.15, 0.2) is 0 Å². The summed E-state index contributed by atoms with van der Waals surface area (Å²) in [5, 5.41) is 8.81. The molecule has 1 aromatic heterocycles. The van der Waals surface area contributed by atoms with Gasteiger partial charge in [-0.1, -0.05) is 0 Å². The Kier molecular flexibility index (Phi) is 2.65. The standard InChI is InChI=1S/C7H6F3NO/c8-1-6(12)7-4(9)2-11-3-5(7)10/h2-3,6,12H,1H2. The van der Waals surface area contributed by atoms with Crippen LogP contribution in [0.4, 0.5) is 13.2 Å². The van der Waals surface area contributed by atoms with E-state index in [-0.39, 0.29) is 0 Å². The number of nitrogens with zero attached hydrogens (tertiary/aromatic N) is 1. The zero-order valence-corrected chi connectivity index (χ0v) is 5.97. The van der Waals surface area contributed by atoms with E-state index in [1.54, 1.807) is 0 Å². The second-order valence-electron chi connectivity index (χ2n) is 2.19. The summed E-state index contributed by atoms with van der Waals surface area (Å²) >= 11 is 0. The largest absolute Gasteiger partial charge is 0.385 e. The molecule has 5 heteroatoms. The van der Waals surface area contributed by atoms with Gasteiger partial charge in [-0.05, 0) is 0 Å². The SMILES string of the molecule is OC(CF)c1c(F)cncc1F. The van der Waals surface area contributed by atoms with Crippen LogP contribution in [0.15, 0.2) is 12.4 Å². The van der Waals surface area contributed by atoms with E-state index in [9.17, 15) is 13.2 Å². The third-order valence-electron chi connectivity index (χ3n) is 1.37. The summed E-state index contributed by atoms with van der Waals surface area (Å²) in [5.41, 5.74) is -0.674. The van der Waals surface area contributed by atoms with Crippen LogP contribution in [-0.4, -0.2) is 16.8 Å². The molecule has 1 atom stereocenters. The van der Waals surface area contributed by atoms with Crippen LogP contribution in [0.2, 0.25) is 0 Å². The molecule has 0 saturated heterocycles. The van der Waals surface area contributed by atoms with E-state index in [1.807, 2.05) is 0 Å². The minimum absolute atomic E-state index is 0.674. The summed E-state index contributed by atoms with van der Waals surface area (Å²) in [7, 11) is 0. The van der Waals surface area contributed by atoms with E-state index in [1.165, 1.54) is 0 Å². The molecule has 1 unspecified atom stereocenters. The third kappa shape index (κ3) is 1.55. The molecular weight excluding hydrogens is 171 g/mol. The van der Waals surface area contributed by atoms with Gasteiger partial charge in [0.25, 0.3) is 0 Å². The average Bonchev–Trinajstić information content (AvgIpc) is 2.03. The molecule has 1 heterocycles. The van der Waals surface area contributed by atoms with Crippen LogP contribution in [0.5, 0.6) is 0 Å². The van der Waals surface area contributed by atoms with Crippen molar-refractivity contribution < 1.29 is 18.3 Å². The lowest BCUT2D eigenvalue weighted by Gasteiger charge is -2.07. The Balaban J connectivity index is 3.12. The highest BCUT2D eigenvalue weighted by atomic mass is 19.1. The van der Waals surface area contributed by atoms with E-state index >= 15 is 0 Å². The summed E-state index contributed by atoms with van der Waals surface area (Å²) in [6.45, 7) is -1.22. The maximum absolute atomic E-state index is 12.7. The van der Waals surface area contributed by atoms with Crippen molar-refractivity contribution in [2.24, 2.45) is 0 Å². The molecule has 66 valence electrons. The van der Waals surface area contributed by atoms with E-state index in [4.69, 9.17) is 5.11 Å². The highest BCUT2D eigenvalue weighted by Crippen LogP contribution is 2.19. The predicted octanol–water partition coefficient (Wildman–Crippen LogP) is 1.36. The molecule has 1 rings (SSSR count). The number of halogens is 3. The number of hydrogen-bond donors (Lipinski definition) is 1. The normalized spacial score (nSPS) is 13.0. The summed E-state index contributed by atoms with van der Waals surface area (Å²) < 4.78 is 37.1. The Morgan fingerprint density at radius 2 is 1.83 bits per heavy atom. The van der Waals surface area contributed by atoms with Gasteiger partial charge < -0.3 is 5.11 Å². The molecule has 0 spiro atoms. The smallest absolute Gasteiger partial charge is 0.150 e. The van der Waals surface area contributed by atoms with Crippen molar-refractivity contribution in [2.45, 2.75) is 6.10 Å². The number of aliphatic hydroxyl groups is 1. The fraction of sp³-hybridized carbons (Fsp3) is 0.286. The molecule has 1 aromatic rings. The summed E-state index contributed by atoms with van der Waals surface area (Å²) in [4.78, 5) is 3.18. The first-order chi connectivity index (χ1) is 5.66. The Morgan fingerprint density at radius 3 is 2.25 bits per heavy atom. The lowest BCUT2D eigenvalue weighted by Crippen LogP contribution is -2.06. The van der Waals surface area contributed by atoms with Gasteiger partial charge >= 0.3 is 0 Å². The Morgan fingerprint density at radius 1 is 1.33 bits per heavy atom. The van der Waals surface area contributed by atoms with Gasteiger partial charge in [0.2, 0.25) is 0 Å². The van der Waals surface area contributed by atoms with Gasteiger partial charge in [0.05, 0.1) is 18.0 Å². The lowest BCUT2D eigenvalue weighted by atomic mass is 10.1. The number of rotatable bonds is 2. The van der Waals surface area contributed by atoms with Crippen molar-refractivity contribution in [2.75, 3.05) is 6.67 Å². The molecule has 0 fully saturated rings. The van der Waals surface area contributed by atoms with Crippen LogP contribution >= 0.6 is 0 Å². The van der Waals surface area contributed by atoms with Crippen molar-refractivity contribution in [1.82, 2.24) is 4.98 Å². The fourth-order valence-corrected chi connectivity index (χ4v) is 0.817. The molecule has 0 aromatic carbocycles. The number of aromatic nitrogens is 1. The molecule has 0 aliphatic heterocycles. The predicted molar refractivity (Wildman–Crippen MR) is 35.1 cm³/mol. The van der Waals surface area contributed by atoms with Crippen molar-refractivity contribution in [1.29, 1.82) is 0 Å². The maximum Gasteiger partial charge on any atom is 0.150 e. The fourth-order valence-electron chi connectivity index (χ4n) is 0.817. The molecule has 12 heavy (non-hydrogen) atoms. The Bertz CT molecular complexity index is 259. The average molecular weight is 177 g/mol. The zero-order valence-electron chi connectivity index (χ0n) is 5.97. The summed E-state index contributed by atoms with van der Waals surface area (Å²) in [6.07, 6.45) is -0.317. The van der Waals surface area contributed by atoms with Crippen molar-refractivity contribution >= 4 is 0 Å². The lowest BCUT2D eigenvalue weighted by molar-refractivity contribution is 0.133. The van der Waals surface area contributed by atoms with Crippen LogP contribution in [0.3, 0.4) is 0 Å². The highest BCUT2D eigenvalue weighted by molar-refractivity contribution is 5.17. The first-order valence-corrected chi connectivity index (χ1v) is 3.19. The first kappa shape index (κ1) is 8.99. The van der Waals surface area contributed by atoms with Crippen LogP contribution in [0, 0.1) is 11.6 Å². The highest BCUT2D eigenvalue weighted by Gasteiger charge is 2.17. The molecule has 0 aliphatic carbocycles. The monoisotopic (exact) mass is 177 g/mol. The first-order valence-electron chi connectivity index (χ1n) is 3.19. The van der Waals surface area contributed by atoms with Gasteiger partial charge in [-0.2, -0.15) is 0 Å². The molecular formula is C7H6F3NO. The number of aliphatic hydroxyl groups excluding tert-OH is 1. The van der Waals surface area contributed by atoms with E-state index in [0.717, 1.165) is 12.4 Å². The second-order valence-corrected chi connectivity index (χ2v) is 2.19. The van der Waals surface area contributed by atoms with Crippen molar-refractivity contribution in [3.05, 3.63) is 29.6 Å². The molecule has 0 aliphatic rings. The maximum atomic E-state index is 12.7. The van der Waals surface area contributed by atoms with Gasteiger partial charge in [-0.3, -0.25) is 4.98 Å². The van der Waals surface area contributed by atoms with Gasteiger partial charge in [-0.15, -0.1) is 0 Å². The van der Waals surface area contributed by atoms with Crippen molar-refractivity contribution in [3.8, 4) is 0 Å². The molecule has 0 saturated carbocycles. The number of pyridine rings is 1. The van der Waals surface area contributed by atoms with Gasteiger partial charge in [-0.25, -0.2) is 13.2 Å². The minimum Gasteiger partial charge on any atom is -0.385 e. The van der Waals surface area contributed by atoms with Gasteiger partial charge in [0, 0.05) is 0 Å². The molecule has 0 bridgehead atoms. The molecule has 0 amide bonds. The Labute approximate surface area is 66.7 Å². The number of hydrogen-bond acceptors (Lipinski definition) is 2. The molecule has 0 radical (unpaired) electrons. The zero-order chi connectivity index (χ0) is 9.14. The van der Waals surface area contributed by atoms with E-state index in [2.05, 4.69) is 4.98 Å². The van der Waals surface area contributed by atoms with Crippen LogP contribution in [0.25, 0.3) is 0 Å². The summed E-state index contributed by atoms with van der Waals surface area (Å²) in [6, 6.07) is 0. The minimum atomic E-state index is -1.76. The van der Waals surface area contributed by atoms with E-state index in [0.29, 0.717) is 0 Å². The number of alkyl halides is 1. The van der Waals surface area contributed by atoms with Gasteiger partial charge in [0.1, 0.15) is 24.4 Å². The quantitative estimate of drug-likeness (QED) is 0.739. The van der Waals surface area contributed by atoms with Crippen molar-refractivity contribution in [3.63, 3.8) is 0 Å². The van der Waals surface area contributed by atoms with Crippen LogP contribution < -0.4 is 0 Å². The van der Waals surface area contributed by atoms with Crippen LogP contribution in [0.1, 0.15) is 11.7 Å². The second kappa shape index (κ2) is 3.53. The summed E-state index contributed by atoms with van der Waals surface area (Å²) in [5.74, 6) is -2.08. The van der Waals surface area contributed by atoms with E-state index < -0.39 is 30.0 Å². The third-order valence-corrected chi connectivity index (χ3v) is 1.37. The molecule has 2 nitrogen and oxygen atoms in total. The topological polar surface area (TPSA) is 33.1 Å². The Hall–Kier alpha value is -1.10.